The maximum absolute atomic E-state index is 11.8. The molecule has 0 aromatic heterocycles. The first kappa shape index (κ1) is 12.1. The minimum Gasteiger partial charge on any atom is -0.338 e. The van der Waals surface area contributed by atoms with Crippen molar-refractivity contribution in [2.24, 2.45) is 0 Å². The molecule has 1 N–H and O–H groups in total. The average Bonchev–Trinajstić information content (AvgIpc) is 2.03. The molecule has 0 saturated heterocycles. The van der Waals surface area contributed by atoms with Crippen LogP contribution in [0.25, 0.3) is 0 Å². The molecule has 3 nitrogen and oxygen atoms in total. The highest BCUT2D eigenvalue weighted by Gasteiger charge is 2.12. The van der Waals surface area contributed by atoms with Crippen LogP contribution in [0.1, 0.15) is 19.8 Å². The lowest BCUT2D eigenvalue weighted by Gasteiger charge is -2.16. The van der Waals surface area contributed by atoms with E-state index in [2.05, 4.69) is 5.32 Å². The molecule has 0 aromatic rings. The van der Waals surface area contributed by atoms with Crippen LogP contribution >= 0.6 is 0 Å². The Morgan fingerprint density at radius 2 is 2.15 bits per heavy atom. The van der Waals surface area contributed by atoms with Crippen LogP contribution in [0.3, 0.4) is 0 Å². The van der Waals surface area contributed by atoms with Crippen molar-refractivity contribution in [3.8, 4) is 0 Å². The quantitative estimate of drug-likeness (QED) is 0.664. The number of urea groups is 1. The van der Waals surface area contributed by atoms with E-state index in [0.29, 0.717) is 6.54 Å². The molecule has 78 valence electrons. The minimum absolute atomic E-state index is 0.436. The van der Waals surface area contributed by atoms with Crippen molar-refractivity contribution in [2.45, 2.75) is 26.2 Å². The Morgan fingerprint density at radius 3 is 2.62 bits per heavy atom. The van der Waals surface area contributed by atoms with Crippen LogP contribution < -0.4 is 5.32 Å². The highest BCUT2D eigenvalue weighted by molar-refractivity contribution is 5.73. The van der Waals surface area contributed by atoms with Crippen molar-refractivity contribution < 1.29 is 13.6 Å². The molecule has 0 atom stereocenters. The maximum Gasteiger partial charge on any atom is 0.317 e. The number of nitrogens with one attached hydrogen (secondary N) is 1. The second-order valence-corrected chi connectivity index (χ2v) is 2.86. The van der Waals surface area contributed by atoms with Gasteiger partial charge in [-0.25, -0.2) is 13.6 Å². The lowest BCUT2D eigenvalue weighted by molar-refractivity contribution is 0.108. The molecule has 0 aliphatic carbocycles. The van der Waals surface area contributed by atoms with Gasteiger partial charge >= 0.3 is 6.03 Å². The lowest BCUT2D eigenvalue weighted by Crippen LogP contribution is -2.40. The Balaban J connectivity index is 3.57. The molecular formula is C8H16F2N2O. The van der Waals surface area contributed by atoms with Crippen molar-refractivity contribution in [1.29, 1.82) is 0 Å². The normalized spacial score (nSPS) is 10.2. The standard InChI is InChI=1S/C8H16F2N2O/c1-3-4-5-11-8(13)12(2)6-7(9)10/h7H,3-6H2,1-2H3,(H,11,13). The molecule has 0 fully saturated rings. The highest BCUT2D eigenvalue weighted by atomic mass is 19.3. The van der Waals surface area contributed by atoms with E-state index in [-0.39, 0.29) is 0 Å². The van der Waals surface area contributed by atoms with E-state index in [1.165, 1.54) is 7.05 Å². The zero-order valence-corrected chi connectivity index (χ0v) is 8.02. The van der Waals surface area contributed by atoms with Gasteiger partial charge in [-0.1, -0.05) is 13.3 Å². The summed E-state index contributed by atoms with van der Waals surface area (Å²) in [6.07, 6.45) is -0.630. The topological polar surface area (TPSA) is 32.3 Å². The van der Waals surface area contributed by atoms with E-state index in [0.717, 1.165) is 17.7 Å². The minimum atomic E-state index is -2.47. The van der Waals surface area contributed by atoms with E-state index < -0.39 is 19.0 Å². The average molecular weight is 194 g/mol. The predicted octanol–water partition coefficient (Wildman–Crippen LogP) is 1.69. The lowest BCUT2D eigenvalue weighted by atomic mass is 10.3. The summed E-state index contributed by atoms with van der Waals surface area (Å²) in [5, 5.41) is 2.54. The molecule has 2 amide bonds. The fourth-order valence-electron chi connectivity index (χ4n) is 0.797. The fourth-order valence-corrected chi connectivity index (χ4v) is 0.797. The number of alkyl halides is 2. The largest absolute Gasteiger partial charge is 0.338 e. The van der Waals surface area contributed by atoms with Crippen LogP contribution in [0.4, 0.5) is 13.6 Å². The van der Waals surface area contributed by atoms with Gasteiger partial charge in [0.05, 0.1) is 6.54 Å². The zero-order valence-electron chi connectivity index (χ0n) is 8.02. The van der Waals surface area contributed by atoms with Gasteiger partial charge in [0.2, 0.25) is 0 Å². The number of halogens is 2. The molecule has 0 rings (SSSR count). The molecule has 13 heavy (non-hydrogen) atoms. The third-order valence-corrected chi connectivity index (χ3v) is 1.57. The van der Waals surface area contributed by atoms with Crippen molar-refractivity contribution in [3.63, 3.8) is 0 Å². The van der Waals surface area contributed by atoms with E-state index in [1.807, 2.05) is 6.92 Å². The third-order valence-electron chi connectivity index (χ3n) is 1.57. The molecular weight excluding hydrogens is 178 g/mol. The summed E-state index contributed by atoms with van der Waals surface area (Å²) < 4.78 is 23.6. The molecule has 5 heteroatoms. The van der Waals surface area contributed by atoms with Gasteiger partial charge in [0.25, 0.3) is 6.43 Å². The van der Waals surface area contributed by atoms with Crippen LogP contribution in [-0.4, -0.2) is 37.5 Å². The first-order valence-corrected chi connectivity index (χ1v) is 4.35. The van der Waals surface area contributed by atoms with Gasteiger partial charge in [-0.2, -0.15) is 0 Å². The predicted molar refractivity (Wildman–Crippen MR) is 46.9 cm³/mol. The summed E-state index contributed by atoms with van der Waals surface area (Å²) in [5.41, 5.74) is 0. The molecule has 0 radical (unpaired) electrons. The van der Waals surface area contributed by atoms with Gasteiger partial charge in [0.15, 0.2) is 0 Å². The number of rotatable bonds is 5. The zero-order chi connectivity index (χ0) is 10.3. The summed E-state index contributed by atoms with van der Waals surface area (Å²) in [4.78, 5) is 12.0. The van der Waals surface area contributed by atoms with Crippen LogP contribution in [0, 0.1) is 0 Å². The second-order valence-electron chi connectivity index (χ2n) is 2.86. The Bertz CT molecular complexity index is 153. The van der Waals surface area contributed by atoms with Gasteiger partial charge in [0.1, 0.15) is 0 Å². The number of unbranched alkanes of at least 4 members (excludes halogenated alkanes) is 1. The molecule has 0 bridgehead atoms. The van der Waals surface area contributed by atoms with Gasteiger partial charge < -0.3 is 10.2 Å². The number of nitrogens with zero attached hydrogens (tertiary/aromatic N) is 1. The number of carbonyl (C=O) groups excluding carboxylic acids is 1. The molecule has 0 unspecified atom stereocenters. The second kappa shape index (κ2) is 6.62. The van der Waals surface area contributed by atoms with Gasteiger partial charge in [0, 0.05) is 13.6 Å². The van der Waals surface area contributed by atoms with Crippen molar-refractivity contribution in [2.75, 3.05) is 20.1 Å². The highest BCUT2D eigenvalue weighted by Crippen LogP contribution is 1.95. The summed E-state index contributed by atoms with van der Waals surface area (Å²) >= 11 is 0. The number of hydrogen-bond donors (Lipinski definition) is 1. The van der Waals surface area contributed by atoms with Crippen LogP contribution in [-0.2, 0) is 0 Å². The maximum atomic E-state index is 11.8. The first-order chi connectivity index (χ1) is 6.07. The molecule has 0 aliphatic rings. The van der Waals surface area contributed by atoms with E-state index in [9.17, 15) is 13.6 Å². The summed E-state index contributed by atoms with van der Waals surface area (Å²) in [6, 6.07) is -0.436. The molecule has 0 heterocycles. The molecule has 0 saturated carbocycles. The molecule has 0 aliphatic heterocycles. The molecule has 0 aromatic carbocycles. The van der Waals surface area contributed by atoms with Crippen LogP contribution in [0.15, 0.2) is 0 Å². The molecule has 0 spiro atoms. The summed E-state index contributed by atoms with van der Waals surface area (Å²) in [7, 11) is 1.35. The van der Waals surface area contributed by atoms with E-state index in [4.69, 9.17) is 0 Å². The van der Waals surface area contributed by atoms with Gasteiger partial charge in [-0.05, 0) is 6.42 Å². The monoisotopic (exact) mass is 194 g/mol. The van der Waals surface area contributed by atoms with Crippen molar-refractivity contribution >= 4 is 6.03 Å². The van der Waals surface area contributed by atoms with Gasteiger partial charge in [-0.3, -0.25) is 0 Å². The van der Waals surface area contributed by atoms with E-state index in [1.54, 1.807) is 0 Å². The van der Waals surface area contributed by atoms with Crippen molar-refractivity contribution in [1.82, 2.24) is 10.2 Å². The number of hydrogen-bond acceptors (Lipinski definition) is 1. The van der Waals surface area contributed by atoms with Crippen LogP contribution in [0.2, 0.25) is 0 Å². The Labute approximate surface area is 77.1 Å². The Hall–Kier alpha value is -0.870. The van der Waals surface area contributed by atoms with E-state index >= 15 is 0 Å². The Kier molecular flexibility index (Phi) is 6.18. The first-order valence-electron chi connectivity index (χ1n) is 4.35. The van der Waals surface area contributed by atoms with Crippen molar-refractivity contribution in [3.05, 3.63) is 0 Å². The number of carbonyl (C=O) groups is 1. The summed E-state index contributed by atoms with van der Waals surface area (Å²) in [6.45, 7) is 2.02. The van der Waals surface area contributed by atoms with Crippen LogP contribution in [0.5, 0.6) is 0 Å². The van der Waals surface area contributed by atoms with Gasteiger partial charge in [-0.15, -0.1) is 0 Å². The number of amides is 2. The Morgan fingerprint density at radius 1 is 1.54 bits per heavy atom. The summed E-state index contributed by atoms with van der Waals surface area (Å²) in [5.74, 6) is 0. The fraction of sp³-hybridized carbons (Fsp3) is 0.875. The smallest absolute Gasteiger partial charge is 0.317 e. The third kappa shape index (κ3) is 6.31. The SMILES string of the molecule is CCCCNC(=O)N(C)CC(F)F.